The van der Waals surface area contributed by atoms with Crippen molar-refractivity contribution in [3.05, 3.63) is 29.6 Å². The number of halogens is 1. The van der Waals surface area contributed by atoms with E-state index in [0.717, 1.165) is 24.3 Å². The van der Waals surface area contributed by atoms with E-state index in [0.29, 0.717) is 18.3 Å². The molecule has 1 saturated carbocycles. The van der Waals surface area contributed by atoms with E-state index >= 15 is 0 Å². The van der Waals surface area contributed by atoms with Crippen molar-refractivity contribution in [2.45, 2.75) is 51.6 Å². The highest BCUT2D eigenvalue weighted by Crippen LogP contribution is 2.33. The molecule has 1 aromatic carbocycles. The van der Waals surface area contributed by atoms with Gasteiger partial charge in [-0.2, -0.15) is 0 Å². The Labute approximate surface area is 115 Å². The minimum absolute atomic E-state index is 0.150. The standard InChI is InChI=1S/C16H25FN2/c1-3-12-7-9-14(10-8-12)19(2)16-13(11-18)5-4-6-15(16)17/h4-6,12,14H,3,7-11,18H2,1-2H3. The van der Waals surface area contributed by atoms with Crippen molar-refractivity contribution in [3.63, 3.8) is 0 Å². The predicted molar refractivity (Wildman–Crippen MR) is 78.7 cm³/mol. The van der Waals surface area contributed by atoms with E-state index in [1.165, 1.54) is 25.3 Å². The maximum atomic E-state index is 14.1. The van der Waals surface area contributed by atoms with Gasteiger partial charge in [0.25, 0.3) is 0 Å². The summed E-state index contributed by atoms with van der Waals surface area (Å²) < 4.78 is 14.1. The molecule has 2 N–H and O–H groups in total. The number of nitrogens with two attached hydrogens (primary N) is 1. The Bertz CT molecular complexity index is 411. The number of benzene rings is 1. The van der Waals surface area contributed by atoms with Crippen molar-refractivity contribution in [1.29, 1.82) is 0 Å². The third kappa shape index (κ3) is 3.08. The number of hydrogen-bond donors (Lipinski definition) is 1. The summed E-state index contributed by atoms with van der Waals surface area (Å²) in [4.78, 5) is 2.11. The number of hydrogen-bond acceptors (Lipinski definition) is 2. The first-order valence-corrected chi connectivity index (χ1v) is 7.37. The van der Waals surface area contributed by atoms with Crippen LogP contribution in [0.2, 0.25) is 0 Å². The summed E-state index contributed by atoms with van der Waals surface area (Å²) in [6, 6.07) is 5.64. The summed E-state index contributed by atoms with van der Waals surface area (Å²) in [6.07, 6.45) is 6.11. The summed E-state index contributed by atoms with van der Waals surface area (Å²) in [5.41, 5.74) is 7.34. The second-order valence-corrected chi connectivity index (χ2v) is 5.65. The Kier molecular flexibility index (Phi) is 4.81. The van der Waals surface area contributed by atoms with E-state index in [1.54, 1.807) is 6.07 Å². The highest BCUT2D eigenvalue weighted by molar-refractivity contribution is 5.55. The predicted octanol–water partition coefficient (Wildman–Crippen LogP) is 3.69. The number of nitrogens with zero attached hydrogens (tertiary/aromatic N) is 1. The van der Waals surface area contributed by atoms with Crippen molar-refractivity contribution in [1.82, 2.24) is 0 Å². The quantitative estimate of drug-likeness (QED) is 0.898. The van der Waals surface area contributed by atoms with Gasteiger partial charge in [0.05, 0.1) is 5.69 Å². The van der Waals surface area contributed by atoms with Crippen LogP contribution in [-0.4, -0.2) is 13.1 Å². The van der Waals surface area contributed by atoms with Gasteiger partial charge < -0.3 is 10.6 Å². The maximum absolute atomic E-state index is 14.1. The zero-order valence-electron chi connectivity index (χ0n) is 12.0. The molecule has 2 rings (SSSR count). The molecule has 2 nitrogen and oxygen atoms in total. The molecule has 0 saturated heterocycles. The lowest BCUT2D eigenvalue weighted by Crippen LogP contribution is -2.36. The van der Waals surface area contributed by atoms with E-state index < -0.39 is 0 Å². The van der Waals surface area contributed by atoms with Gasteiger partial charge in [0.15, 0.2) is 0 Å². The summed E-state index contributed by atoms with van der Waals surface area (Å²) >= 11 is 0. The smallest absolute Gasteiger partial charge is 0.146 e. The van der Waals surface area contributed by atoms with Crippen molar-refractivity contribution in [3.8, 4) is 0 Å². The molecule has 19 heavy (non-hydrogen) atoms. The maximum Gasteiger partial charge on any atom is 0.146 e. The molecular formula is C16H25FN2. The van der Waals surface area contributed by atoms with E-state index in [4.69, 9.17) is 5.73 Å². The summed E-state index contributed by atoms with van der Waals surface area (Å²) in [5, 5.41) is 0. The highest BCUT2D eigenvalue weighted by Gasteiger charge is 2.25. The van der Waals surface area contributed by atoms with Crippen LogP contribution in [0.5, 0.6) is 0 Å². The molecule has 0 heterocycles. The molecule has 0 unspecified atom stereocenters. The van der Waals surface area contributed by atoms with E-state index in [1.807, 2.05) is 13.1 Å². The molecule has 0 radical (unpaired) electrons. The molecule has 0 atom stereocenters. The zero-order chi connectivity index (χ0) is 13.8. The van der Waals surface area contributed by atoms with Crippen molar-refractivity contribution in [2.24, 2.45) is 11.7 Å². The van der Waals surface area contributed by atoms with Crippen molar-refractivity contribution >= 4 is 5.69 Å². The van der Waals surface area contributed by atoms with Crippen molar-refractivity contribution < 1.29 is 4.39 Å². The fraction of sp³-hybridized carbons (Fsp3) is 0.625. The third-order valence-electron chi connectivity index (χ3n) is 4.58. The number of para-hydroxylation sites is 1. The van der Waals surface area contributed by atoms with Gasteiger partial charge >= 0.3 is 0 Å². The van der Waals surface area contributed by atoms with Gasteiger partial charge in [-0.3, -0.25) is 0 Å². The second kappa shape index (κ2) is 6.38. The van der Waals surface area contributed by atoms with Crippen LogP contribution < -0.4 is 10.6 Å². The molecular weight excluding hydrogens is 239 g/mol. The van der Waals surface area contributed by atoms with E-state index in [9.17, 15) is 4.39 Å². The SMILES string of the molecule is CCC1CCC(N(C)c2c(F)cccc2CN)CC1. The Hall–Kier alpha value is -1.09. The van der Waals surface area contributed by atoms with Gasteiger partial charge in [0.1, 0.15) is 5.82 Å². The molecule has 1 aromatic rings. The van der Waals surface area contributed by atoms with Gasteiger partial charge in [-0.15, -0.1) is 0 Å². The second-order valence-electron chi connectivity index (χ2n) is 5.65. The molecule has 0 spiro atoms. The molecule has 106 valence electrons. The largest absolute Gasteiger partial charge is 0.369 e. The normalized spacial score (nSPS) is 23.4. The molecule has 0 aromatic heterocycles. The lowest BCUT2D eigenvalue weighted by Gasteiger charge is -2.36. The van der Waals surface area contributed by atoms with Crippen molar-refractivity contribution in [2.75, 3.05) is 11.9 Å². The molecule has 0 bridgehead atoms. The fourth-order valence-electron chi connectivity index (χ4n) is 3.24. The van der Waals surface area contributed by atoms with Crippen LogP contribution in [0.25, 0.3) is 0 Å². The Morgan fingerprint density at radius 3 is 2.53 bits per heavy atom. The highest BCUT2D eigenvalue weighted by atomic mass is 19.1. The van der Waals surface area contributed by atoms with Gasteiger partial charge in [-0.05, 0) is 43.2 Å². The number of rotatable bonds is 4. The van der Waals surface area contributed by atoms with E-state index in [-0.39, 0.29) is 5.82 Å². The first kappa shape index (κ1) is 14.3. The third-order valence-corrected chi connectivity index (χ3v) is 4.58. The van der Waals surface area contributed by atoms with Gasteiger partial charge in [0.2, 0.25) is 0 Å². The van der Waals surface area contributed by atoms with Gasteiger partial charge in [-0.1, -0.05) is 25.5 Å². The van der Waals surface area contributed by atoms with Gasteiger partial charge in [-0.25, -0.2) is 4.39 Å². The first-order chi connectivity index (χ1) is 9.17. The molecule has 0 aliphatic heterocycles. The fourth-order valence-corrected chi connectivity index (χ4v) is 3.24. The average molecular weight is 264 g/mol. The zero-order valence-corrected chi connectivity index (χ0v) is 12.0. The van der Waals surface area contributed by atoms with Crippen LogP contribution in [0.3, 0.4) is 0 Å². The Morgan fingerprint density at radius 1 is 1.26 bits per heavy atom. The topological polar surface area (TPSA) is 29.3 Å². The molecule has 0 amide bonds. The molecule has 1 fully saturated rings. The molecule has 1 aliphatic rings. The minimum Gasteiger partial charge on any atom is -0.369 e. The van der Waals surface area contributed by atoms with Crippen LogP contribution in [-0.2, 0) is 6.54 Å². The lowest BCUT2D eigenvalue weighted by molar-refractivity contribution is 0.312. The van der Waals surface area contributed by atoms with E-state index in [2.05, 4.69) is 11.8 Å². The Balaban J connectivity index is 2.14. The number of anilines is 1. The Morgan fingerprint density at radius 2 is 1.95 bits per heavy atom. The van der Waals surface area contributed by atoms with Crippen LogP contribution in [0.15, 0.2) is 18.2 Å². The monoisotopic (exact) mass is 264 g/mol. The summed E-state index contributed by atoms with van der Waals surface area (Å²) in [6.45, 7) is 2.65. The molecule has 1 aliphatic carbocycles. The summed E-state index contributed by atoms with van der Waals surface area (Å²) in [5.74, 6) is 0.710. The lowest BCUT2D eigenvalue weighted by atomic mass is 9.84. The van der Waals surface area contributed by atoms with Gasteiger partial charge in [0, 0.05) is 19.6 Å². The van der Waals surface area contributed by atoms with Crippen LogP contribution >= 0.6 is 0 Å². The van der Waals surface area contributed by atoms with Crippen LogP contribution in [0.1, 0.15) is 44.6 Å². The average Bonchev–Trinajstić information content (AvgIpc) is 2.46. The minimum atomic E-state index is -0.150. The first-order valence-electron chi connectivity index (χ1n) is 7.37. The van der Waals surface area contributed by atoms with Crippen LogP contribution in [0, 0.1) is 11.7 Å². The van der Waals surface area contributed by atoms with Crippen LogP contribution in [0.4, 0.5) is 10.1 Å². The summed E-state index contributed by atoms with van der Waals surface area (Å²) in [7, 11) is 2.01. The molecule has 3 heteroatoms.